The predicted octanol–water partition coefficient (Wildman–Crippen LogP) is 4.04. The number of nitrogens with zero attached hydrogens (tertiary/aromatic N) is 1. The quantitative estimate of drug-likeness (QED) is 0.658. The molecule has 4 nitrogen and oxygen atoms in total. The lowest BCUT2D eigenvalue weighted by Crippen LogP contribution is -2.33. The molecule has 1 atom stereocenters. The highest BCUT2D eigenvalue weighted by Gasteiger charge is 2.16. The van der Waals surface area contributed by atoms with E-state index in [1.807, 2.05) is 24.3 Å². The van der Waals surface area contributed by atoms with Gasteiger partial charge in [-0.3, -0.25) is 4.79 Å². The lowest BCUT2D eigenvalue weighted by Gasteiger charge is -2.19. The summed E-state index contributed by atoms with van der Waals surface area (Å²) in [5.41, 5.74) is 4.21. The van der Waals surface area contributed by atoms with Crippen molar-refractivity contribution in [2.24, 2.45) is 5.10 Å². The van der Waals surface area contributed by atoms with Gasteiger partial charge in [-0.1, -0.05) is 45.0 Å². The fourth-order valence-electron chi connectivity index (χ4n) is 2.14. The molecule has 2 aromatic carbocycles. The Hall–Kier alpha value is -2.69. The largest absolute Gasteiger partial charge is 0.481 e. The van der Waals surface area contributed by atoms with Crippen molar-refractivity contribution in [3.05, 3.63) is 65.5 Å². The molecule has 0 saturated heterocycles. The SMILES string of the molecule is CC(Oc1ccc(C(C)(C)C)cc1)C(=O)N/N=C/c1cccc(F)c1. The van der Waals surface area contributed by atoms with Crippen LogP contribution >= 0.6 is 0 Å². The second-order valence-corrected chi connectivity index (χ2v) is 6.82. The lowest BCUT2D eigenvalue weighted by molar-refractivity contribution is -0.127. The molecule has 2 aromatic rings. The van der Waals surface area contributed by atoms with Gasteiger partial charge >= 0.3 is 0 Å². The highest BCUT2D eigenvalue weighted by molar-refractivity contribution is 5.84. The number of benzene rings is 2. The van der Waals surface area contributed by atoms with Crippen molar-refractivity contribution in [2.45, 2.75) is 39.2 Å². The first kappa shape index (κ1) is 18.6. The van der Waals surface area contributed by atoms with Gasteiger partial charge in [-0.25, -0.2) is 9.82 Å². The van der Waals surface area contributed by atoms with Crippen LogP contribution in [0.25, 0.3) is 0 Å². The minimum Gasteiger partial charge on any atom is -0.481 e. The summed E-state index contributed by atoms with van der Waals surface area (Å²) in [4.78, 5) is 12.0. The van der Waals surface area contributed by atoms with Crippen LogP contribution in [-0.4, -0.2) is 18.2 Å². The van der Waals surface area contributed by atoms with E-state index < -0.39 is 6.10 Å². The van der Waals surface area contributed by atoms with Crippen molar-refractivity contribution >= 4 is 12.1 Å². The predicted molar refractivity (Wildman–Crippen MR) is 97.4 cm³/mol. The van der Waals surface area contributed by atoms with Gasteiger partial charge in [0.15, 0.2) is 6.10 Å². The first-order valence-electron chi connectivity index (χ1n) is 8.11. The van der Waals surface area contributed by atoms with E-state index in [1.165, 1.54) is 23.9 Å². The molecule has 0 spiro atoms. The number of rotatable bonds is 5. The Morgan fingerprint density at radius 1 is 1.20 bits per heavy atom. The number of carbonyl (C=O) groups excluding carboxylic acids is 1. The van der Waals surface area contributed by atoms with Gasteiger partial charge in [0.1, 0.15) is 11.6 Å². The van der Waals surface area contributed by atoms with Gasteiger partial charge in [-0.2, -0.15) is 5.10 Å². The molecule has 0 aliphatic rings. The maximum absolute atomic E-state index is 13.1. The minimum atomic E-state index is -0.704. The molecule has 1 unspecified atom stereocenters. The normalized spacial score (nSPS) is 12.8. The summed E-state index contributed by atoms with van der Waals surface area (Å²) in [6, 6.07) is 13.6. The summed E-state index contributed by atoms with van der Waals surface area (Å²) in [5, 5.41) is 3.82. The Labute approximate surface area is 147 Å². The van der Waals surface area contributed by atoms with E-state index in [-0.39, 0.29) is 17.1 Å². The number of hydrogen-bond acceptors (Lipinski definition) is 3. The van der Waals surface area contributed by atoms with Crippen molar-refractivity contribution in [1.29, 1.82) is 0 Å². The zero-order valence-corrected chi connectivity index (χ0v) is 14.9. The van der Waals surface area contributed by atoms with Crippen LogP contribution < -0.4 is 10.2 Å². The number of amides is 1. The first-order valence-corrected chi connectivity index (χ1v) is 8.11. The van der Waals surface area contributed by atoms with Crippen LogP contribution in [0, 0.1) is 5.82 Å². The van der Waals surface area contributed by atoms with Crippen LogP contribution in [0.4, 0.5) is 4.39 Å². The molecule has 0 radical (unpaired) electrons. The molecule has 0 heterocycles. The number of nitrogens with one attached hydrogen (secondary N) is 1. The molecule has 5 heteroatoms. The molecular formula is C20H23FN2O2. The molecule has 0 aromatic heterocycles. The van der Waals surface area contributed by atoms with E-state index in [9.17, 15) is 9.18 Å². The van der Waals surface area contributed by atoms with Gasteiger partial charge in [0, 0.05) is 0 Å². The lowest BCUT2D eigenvalue weighted by atomic mass is 9.87. The molecule has 0 bridgehead atoms. The summed E-state index contributed by atoms with van der Waals surface area (Å²) in [7, 11) is 0. The summed E-state index contributed by atoms with van der Waals surface area (Å²) >= 11 is 0. The number of carbonyl (C=O) groups is 1. The Morgan fingerprint density at radius 3 is 2.48 bits per heavy atom. The van der Waals surface area contributed by atoms with Crippen LogP contribution in [-0.2, 0) is 10.2 Å². The van der Waals surface area contributed by atoms with Crippen LogP contribution in [0.2, 0.25) is 0 Å². The van der Waals surface area contributed by atoms with Crippen LogP contribution in [0.15, 0.2) is 53.6 Å². The van der Waals surface area contributed by atoms with E-state index in [0.717, 1.165) is 0 Å². The highest BCUT2D eigenvalue weighted by atomic mass is 19.1. The van der Waals surface area contributed by atoms with Gasteiger partial charge < -0.3 is 4.74 Å². The molecule has 0 aliphatic heterocycles. The van der Waals surface area contributed by atoms with E-state index in [2.05, 4.69) is 31.3 Å². The summed E-state index contributed by atoms with van der Waals surface area (Å²) < 4.78 is 18.7. The smallest absolute Gasteiger partial charge is 0.280 e. The van der Waals surface area contributed by atoms with Gasteiger partial charge in [0.2, 0.25) is 0 Å². The first-order chi connectivity index (χ1) is 11.8. The maximum Gasteiger partial charge on any atom is 0.280 e. The highest BCUT2D eigenvalue weighted by Crippen LogP contribution is 2.24. The van der Waals surface area contributed by atoms with Crippen molar-refractivity contribution in [1.82, 2.24) is 5.43 Å². The third-order valence-corrected chi connectivity index (χ3v) is 3.64. The van der Waals surface area contributed by atoms with Crippen molar-refractivity contribution in [2.75, 3.05) is 0 Å². The average molecular weight is 342 g/mol. The van der Waals surface area contributed by atoms with Crippen LogP contribution in [0.1, 0.15) is 38.8 Å². The Bertz CT molecular complexity index is 749. The minimum absolute atomic E-state index is 0.0626. The van der Waals surface area contributed by atoms with Gasteiger partial charge in [-0.15, -0.1) is 0 Å². The fraction of sp³-hybridized carbons (Fsp3) is 0.300. The Balaban J connectivity index is 1.89. The molecule has 0 saturated carbocycles. The van der Waals surface area contributed by atoms with E-state index in [0.29, 0.717) is 11.3 Å². The standard InChI is InChI=1S/C20H23FN2O2/c1-14(25-18-10-8-16(9-11-18)20(2,3)4)19(24)23-22-13-15-6-5-7-17(21)12-15/h5-14H,1-4H3,(H,23,24)/b22-13+. The van der Waals surface area contributed by atoms with Crippen LogP contribution in [0.5, 0.6) is 5.75 Å². The molecular weight excluding hydrogens is 319 g/mol. The summed E-state index contributed by atoms with van der Waals surface area (Å²) in [6.07, 6.45) is 0.677. The molecule has 25 heavy (non-hydrogen) atoms. The van der Waals surface area contributed by atoms with Crippen molar-refractivity contribution in [3.8, 4) is 5.75 Å². The van der Waals surface area contributed by atoms with Gasteiger partial charge in [-0.05, 0) is 47.7 Å². The molecule has 1 N–H and O–H groups in total. The van der Waals surface area contributed by atoms with Crippen LogP contribution in [0.3, 0.4) is 0 Å². The molecule has 0 fully saturated rings. The zero-order valence-electron chi connectivity index (χ0n) is 14.9. The Kier molecular flexibility index (Phi) is 5.91. The van der Waals surface area contributed by atoms with E-state index in [1.54, 1.807) is 19.1 Å². The topological polar surface area (TPSA) is 50.7 Å². The third kappa shape index (κ3) is 5.71. The van der Waals surface area contributed by atoms with E-state index in [4.69, 9.17) is 4.74 Å². The number of hydrogen-bond donors (Lipinski definition) is 1. The summed E-state index contributed by atoms with van der Waals surface area (Å²) in [6.45, 7) is 8.05. The monoisotopic (exact) mass is 342 g/mol. The summed E-state index contributed by atoms with van der Waals surface area (Å²) in [5.74, 6) is -0.122. The Morgan fingerprint density at radius 2 is 1.88 bits per heavy atom. The molecule has 1 amide bonds. The third-order valence-electron chi connectivity index (χ3n) is 3.64. The van der Waals surface area contributed by atoms with E-state index >= 15 is 0 Å². The second-order valence-electron chi connectivity index (χ2n) is 6.82. The van der Waals surface area contributed by atoms with Crippen molar-refractivity contribution < 1.29 is 13.9 Å². The molecule has 0 aliphatic carbocycles. The number of halogens is 1. The number of hydrazone groups is 1. The second kappa shape index (κ2) is 7.92. The van der Waals surface area contributed by atoms with Gasteiger partial charge in [0.05, 0.1) is 6.21 Å². The van der Waals surface area contributed by atoms with Gasteiger partial charge in [0.25, 0.3) is 5.91 Å². The number of ether oxygens (including phenoxy) is 1. The maximum atomic E-state index is 13.1. The zero-order chi connectivity index (χ0) is 18.4. The fourth-order valence-corrected chi connectivity index (χ4v) is 2.14. The van der Waals surface area contributed by atoms with Crippen molar-refractivity contribution in [3.63, 3.8) is 0 Å². The average Bonchev–Trinajstić information content (AvgIpc) is 2.54. The molecule has 2 rings (SSSR count). The molecule has 132 valence electrons.